The molecule has 0 fully saturated rings. The van der Waals surface area contributed by atoms with Crippen LogP contribution in [0.3, 0.4) is 0 Å². The summed E-state index contributed by atoms with van der Waals surface area (Å²) in [5, 5.41) is 0. The van der Waals surface area contributed by atoms with E-state index >= 15 is 0 Å². The smallest absolute Gasteiger partial charge is 0.155 e. The second-order valence-corrected chi connectivity index (χ2v) is 8.32. The van der Waals surface area contributed by atoms with E-state index in [1.165, 1.54) is 109 Å². The maximum atomic E-state index is 5.41. The molecule has 0 aliphatic heterocycles. The van der Waals surface area contributed by atoms with Gasteiger partial charge in [0.2, 0.25) is 0 Å². The molecule has 0 aromatic heterocycles. The molecule has 2 N–H and O–H groups in total. The van der Waals surface area contributed by atoms with E-state index in [0.29, 0.717) is 13.2 Å². The van der Waals surface area contributed by atoms with Crippen molar-refractivity contribution in [2.24, 2.45) is 5.73 Å². The van der Waals surface area contributed by atoms with Crippen LogP contribution in [0.15, 0.2) is 0 Å². The van der Waals surface area contributed by atoms with Crippen molar-refractivity contribution < 1.29 is 9.05 Å². The maximum Gasteiger partial charge on any atom is 0.155 e. The first-order chi connectivity index (χ1) is 12.9. The molecule has 0 heterocycles. The third-order valence-electron chi connectivity index (χ3n) is 4.94. The van der Waals surface area contributed by atoms with Gasteiger partial charge in [0.25, 0.3) is 0 Å². The first kappa shape index (κ1) is 26.3. The van der Waals surface area contributed by atoms with Crippen molar-refractivity contribution >= 4 is 9.03 Å². The van der Waals surface area contributed by atoms with Gasteiger partial charge in [-0.05, 0) is 6.42 Å². The minimum Gasteiger partial charge on any atom is -0.336 e. The molecule has 0 radical (unpaired) electrons. The summed E-state index contributed by atoms with van der Waals surface area (Å²) >= 11 is 0. The SMILES string of the molecule is CCCCCCCCCCCCCCCCCCCCOPOCCN. The lowest BCUT2D eigenvalue weighted by molar-refractivity contribution is 0.265. The molecule has 0 aliphatic rings. The lowest BCUT2D eigenvalue weighted by Crippen LogP contribution is -2.04. The fourth-order valence-corrected chi connectivity index (χ4v) is 3.77. The van der Waals surface area contributed by atoms with Crippen LogP contribution >= 0.6 is 9.03 Å². The molecule has 0 amide bonds. The molecule has 0 bridgehead atoms. The van der Waals surface area contributed by atoms with Crippen LogP contribution in [0.4, 0.5) is 0 Å². The molecule has 1 atom stereocenters. The Kier molecular flexibility index (Phi) is 25.6. The average Bonchev–Trinajstić information content (AvgIpc) is 2.66. The molecule has 0 saturated carbocycles. The highest BCUT2D eigenvalue weighted by Gasteiger charge is 1.95. The van der Waals surface area contributed by atoms with E-state index in [-0.39, 0.29) is 9.03 Å². The van der Waals surface area contributed by atoms with Gasteiger partial charge in [0.05, 0.1) is 13.2 Å². The van der Waals surface area contributed by atoms with Crippen LogP contribution in [0.2, 0.25) is 0 Å². The molecule has 158 valence electrons. The van der Waals surface area contributed by atoms with Gasteiger partial charge >= 0.3 is 0 Å². The first-order valence-corrected chi connectivity index (χ1v) is 12.4. The fraction of sp³-hybridized carbons (Fsp3) is 1.00. The Morgan fingerprint density at radius 2 is 0.846 bits per heavy atom. The van der Waals surface area contributed by atoms with Gasteiger partial charge in [0.15, 0.2) is 9.03 Å². The van der Waals surface area contributed by atoms with Crippen molar-refractivity contribution in [2.75, 3.05) is 19.8 Å². The van der Waals surface area contributed by atoms with Crippen LogP contribution in [0, 0.1) is 0 Å². The Bertz CT molecular complexity index is 218. The Morgan fingerprint density at radius 1 is 0.500 bits per heavy atom. The highest BCUT2D eigenvalue weighted by Crippen LogP contribution is 2.16. The van der Waals surface area contributed by atoms with Crippen molar-refractivity contribution in [3.8, 4) is 0 Å². The number of nitrogens with two attached hydrogens (primary N) is 1. The molecule has 0 aliphatic carbocycles. The summed E-state index contributed by atoms with van der Waals surface area (Å²) < 4.78 is 10.6. The molecule has 0 aromatic carbocycles. The van der Waals surface area contributed by atoms with Gasteiger partial charge in [-0.25, -0.2) is 0 Å². The molecular formula is C22H48NO2P. The minimum atomic E-state index is 0.170. The zero-order valence-electron chi connectivity index (χ0n) is 17.7. The predicted molar refractivity (Wildman–Crippen MR) is 118 cm³/mol. The largest absolute Gasteiger partial charge is 0.336 e. The molecule has 3 nitrogen and oxygen atoms in total. The van der Waals surface area contributed by atoms with Gasteiger partial charge < -0.3 is 14.8 Å². The number of hydrogen-bond acceptors (Lipinski definition) is 3. The standard InChI is InChI=1S/C22H48NO2P/c1-2-3-4-5-6-7-8-9-10-11-12-13-14-15-16-17-18-19-21-24-26-25-22-20-23/h26H,2-23H2,1H3. The van der Waals surface area contributed by atoms with Gasteiger partial charge in [0.1, 0.15) is 0 Å². The maximum absolute atomic E-state index is 5.41. The van der Waals surface area contributed by atoms with Crippen LogP contribution in [-0.4, -0.2) is 19.8 Å². The van der Waals surface area contributed by atoms with E-state index in [0.717, 1.165) is 13.0 Å². The molecular weight excluding hydrogens is 341 g/mol. The summed E-state index contributed by atoms with van der Waals surface area (Å²) in [4.78, 5) is 0. The summed E-state index contributed by atoms with van der Waals surface area (Å²) in [7, 11) is 0.170. The summed E-state index contributed by atoms with van der Waals surface area (Å²) in [5.41, 5.74) is 5.34. The fourth-order valence-electron chi connectivity index (χ4n) is 3.26. The predicted octanol–water partition coefficient (Wildman–Crippen LogP) is 7.53. The summed E-state index contributed by atoms with van der Waals surface area (Å²) in [6.07, 6.45) is 25.4. The Hall–Kier alpha value is 0.310. The highest BCUT2D eigenvalue weighted by atomic mass is 31.1. The Balaban J connectivity index is 2.95. The van der Waals surface area contributed by atoms with Crippen LogP contribution in [0.25, 0.3) is 0 Å². The van der Waals surface area contributed by atoms with Gasteiger partial charge in [0, 0.05) is 6.54 Å². The van der Waals surface area contributed by atoms with E-state index in [1.807, 2.05) is 0 Å². The van der Waals surface area contributed by atoms with Crippen LogP contribution in [0.1, 0.15) is 122 Å². The van der Waals surface area contributed by atoms with Crippen molar-refractivity contribution in [1.82, 2.24) is 0 Å². The van der Waals surface area contributed by atoms with Crippen LogP contribution in [-0.2, 0) is 9.05 Å². The van der Waals surface area contributed by atoms with E-state index in [2.05, 4.69) is 6.92 Å². The first-order valence-electron chi connectivity index (χ1n) is 11.6. The van der Waals surface area contributed by atoms with Crippen molar-refractivity contribution in [1.29, 1.82) is 0 Å². The van der Waals surface area contributed by atoms with Gasteiger partial charge in [-0.3, -0.25) is 0 Å². The molecule has 0 saturated heterocycles. The monoisotopic (exact) mass is 389 g/mol. The van der Waals surface area contributed by atoms with Gasteiger partial charge in [-0.1, -0.05) is 116 Å². The quantitative estimate of drug-likeness (QED) is 0.145. The normalized spacial score (nSPS) is 11.8. The Morgan fingerprint density at radius 3 is 1.23 bits per heavy atom. The summed E-state index contributed by atoms with van der Waals surface area (Å²) in [6.45, 7) is 4.31. The van der Waals surface area contributed by atoms with Crippen LogP contribution in [0.5, 0.6) is 0 Å². The third kappa shape index (κ3) is 24.3. The topological polar surface area (TPSA) is 44.5 Å². The lowest BCUT2D eigenvalue weighted by atomic mass is 10.0. The van der Waals surface area contributed by atoms with E-state index in [4.69, 9.17) is 14.8 Å². The molecule has 4 heteroatoms. The van der Waals surface area contributed by atoms with E-state index in [9.17, 15) is 0 Å². The average molecular weight is 390 g/mol. The number of unbranched alkanes of at least 4 members (excludes halogenated alkanes) is 17. The Labute approximate surface area is 166 Å². The van der Waals surface area contributed by atoms with Crippen molar-refractivity contribution in [3.05, 3.63) is 0 Å². The van der Waals surface area contributed by atoms with Gasteiger partial charge in [-0.2, -0.15) is 0 Å². The second-order valence-electron chi connectivity index (χ2n) is 7.58. The third-order valence-corrected chi connectivity index (χ3v) is 5.58. The molecule has 0 rings (SSSR count). The molecule has 0 aromatic rings. The van der Waals surface area contributed by atoms with Crippen molar-refractivity contribution in [3.63, 3.8) is 0 Å². The zero-order valence-corrected chi connectivity index (χ0v) is 18.7. The number of rotatable bonds is 23. The minimum absolute atomic E-state index is 0.170. The van der Waals surface area contributed by atoms with Crippen LogP contribution < -0.4 is 5.73 Å². The zero-order chi connectivity index (χ0) is 19.0. The molecule has 26 heavy (non-hydrogen) atoms. The lowest BCUT2D eigenvalue weighted by Gasteiger charge is -2.05. The van der Waals surface area contributed by atoms with Gasteiger partial charge in [-0.15, -0.1) is 0 Å². The van der Waals surface area contributed by atoms with Crippen molar-refractivity contribution in [2.45, 2.75) is 122 Å². The number of hydrogen-bond donors (Lipinski definition) is 1. The summed E-state index contributed by atoms with van der Waals surface area (Å²) in [5.74, 6) is 0. The second kappa shape index (κ2) is 25.3. The highest BCUT2D eigenvalue weighted by molar-refractivity contribution is 7.26. The van der Waals surface area contributed by atoms with E-state index in [1.54, 1.807) is 0 Å². The summed E-state index contributed by atoms with van der Waals surface area (Å²) in [6, 6.07) is 0. The van der Waals surface area contributed by atoms with E-state index < -0.39 is 0 Å². The molecule has 1 unspecified atom stereocenters. The molecule has 0 spiro atoms.